The van der Waals surface area contributed by atoms with Crippen LogP contribution in [-0.2, 0) is 14.8 Å². The first-order valence-electron chi connectivity index (χ1n) is 8.74. The zero-order valence-corrected chi connectivity index (χ0v) is 16.5. The van der Waals surface area contributed by atoms with E-state index in [1.165, 1.54) is 34.6 Å². The Balaban J connectivity index is 1.62. The van der Waals surface area contributed by atoms with Gasteiger partial charge in [-0.3, -0.25) is 9.59 Å². The Morgan fingerprint density at radius 1 is 1.07 bits per heavy atom. The SMILES string of the molecule is NC(=O)c1cccc(NC(=O)C2CCN(S(=O)(=O)c3ccc(Cl)cc3)CC2)c1. The molecule has 0 aliphatic carbocycles. The molecule has 0 aromatic heterocycles. The molecule has 1 aliphatic heterocycles. The van der Waals surface area contributed by atoms with Crippen LogP contribution >= 0.6 is 11.6 Å². The first-order valence-corrected chi connectivity index (χ1v) is 10.6. The standard InChI is InChI=1S/C19H20ClN3O4S/c20-15-4-6-17(7-5-15)28(26,27)23-10-8-13(9-11-23)19(25)22-16-3-1-2-14(12-16)18(21)24/h1-7,12-13H,8-11H2,(H2,21,24)(H,22,25). The van der Waals surface area contributed by atoms with Crippen molar-refractivity contribution in [3.8, 4) is 0 Å². The van der Waals surface area contributed by atoms with E-state index in [0.29, 0.717) is 29.1 Å². The number of amides is 2. The third kappa shape index (κ3) is 4.52. The lowest BCUT2D eigenvalue weighted by atomic mass is 9.97. The fourth-order valence-corrected chi connectivity index (χ4v) is 4.70. The van der Waals surface area contributed by atoms with Crippen LogP contribution in [0.2, 0.25) is 5.02 Å². The van der Waals surface area contributed by atoms with Crippen molar-refractivity contribution < 1.29 is 18.0 Å². The summed E-state index contributed by atoms with van der Waals surface area (Å²) in [5, 5.41) is 3.24. The zero-order valence-electron chi connectivity index (χ0n) is 15.0. The number of halogens is 1. The molecule has 3 N–H and O–H groups in total. The summed E-state index contributed by atoms with van der Waals surface area (Å²) in [4.78, 5) is 23.9. The smallest absolute Gasteiger partial charge is 0.248 e. The second kappa shape index (κ2) is 8.30. The maximum absolute atomic E-state index is 12.7. The number of rotatable bonds is 5. The van der Waals surface area contributed by atoms with Crippen LogP contribution in [0.4, 0.5) is 5.69 Å². The molecule has 7 nitrogen and oxygen atoms in total. The van der Waals surface area contributed by atoms with E-state index in [0.717, 1.165) is 0 Å². The molecule has 0 bridgehead atoms. The lowest BCUT2D eigenvalue weighted by Gasteiger charge is -2.30. The van der Waals surface area contributed by atoms with E-state index in [1.54, 1.807) is 18.2 Å². The third-order valence-corrected chi connectivity index (χ3v) is 6.86. The van der Waals surface area contributed by atoms with Crippen LogP contribution < -0.4 is 11.1 Å². The van der Waals surface area contributed by atoms with Crippen molar-refractivity contribution in [3.05, 3.63) is 59.1 Å². The molecule has 0 atom stereocenters. The molecule has 0 saturated carbocycles. The number of hydrogen-bond donors (Lipinski definition) is 2. The minimum Gasteiger partial charge on any atom is -0.366 e. The normalized spacial score (nSPS) is 15.9. The maximum atomic E-state index is 12.7. The van der Waals surface area contributed by atoms with Crippen LogP contribution in [0.5, 0.6) is 0 Å². The Hall–Kier alpha value is -2.42. The van der Waals surface area contributed by atoms with Crippen LogP contribution in [0.25, 0.3) is 0 Å². The fraction of sp³-hybridized carbons (Fsp3) is 0.263. The maximum Gasteiger partial charge on any atom is 0.248 e. The highest BCUT2D eigenvalue weighted by Crippen LogP contribution is 2.25. The average Bonchev–Trinajstić information content (AvgIpc) is 2.68. The number of anilines is 1. The molecule has 1 aliphatic rings. The number of carbonyl (C=O) groups excluding carboxylic acids is 2. The average molecular weight is 422 g/mol. The van der Waals surface area contributed by atoms with Crippen molar-refractivity contribution in [3.63, 3.8) is 0 Å². The van der Waals surface area contributed by atoms with Crippen molar-refractivity contribution in [1.82, 2.24) is 4.31 Å². The predicted molar refractivity (Wildman–Crippen MR) is 107 cm³/mol. The molecule has 9 heteroatoms. The number of carbonyl (C=O) groups is 2. The number of benzene rings is 2. The van der Waals surface area contributed by atoms with Crippen molar-refractivity contribution in [2.24, 2.45) is 11.7 Å². The van der Waals surface area contributed by atoms with E-state index in [4.69, 9.17) is 17.3 Å². The summed E-state index contributed by atoms with van der Waals surface area (Å²) >= 11 is 5.82. The zero-order chi connectivity index (χ0) is 20.3. The topological polar surface area (TPSA) is 110 Å². The molecular weight excluding hydrogens is 402 g/mol. The van der Waals surface area contributed by atoms with Gasteiger partial charge in [-0.2, -0.15) is 4.31 Å². The Labute approximate surface area is 168 Å². The van der Waals surface area contributed by atoms with Gasteiger partial charge >= 0.3 is 0 Å². The van der Waals surface area contributed by atoms with Crippen LogP contribution in [0, 0.1) is 5.92 Å². The summed E-state index contributed by atoms with van der Waals surface area (Å²) in [6, 6.07) is 12.4. The molecule has 2 aromatic rings. The van der Waals surface area contributed by atoms with Crippen molar-refractivity contribution >= 4 is 39.1 Å². The molecule has 1 heterocycles. The van der Waals surface area contributed by atoms with Gasteiger partial charge in [0.2, 0.25) is 21.8 Å². The molecule has 2 aromatic carbocycles. The van der Waals surface area contributed by atoms with Gasteiger partial charge in [0, 0.05) is 35.3 Å². The molecule has 0 unspecified atom stereocenters. The highest BCUT2D eigenvalue weighted by molar-refractivity contribution is 7.89. The van der Waals surface area contributed by atoms with E-state index < -0.39 is 15.9 Å². The summed E-state index contributed by atoms with van der Waals surface area (Å²) in [5.41, 5.74) is 6.04. The van der Waals surface area contributed by atoms with E-state index in [9.17, 15) is 18.0 Å². The summed E-state index contributed by atoms with van der Waals surface area (Å²) in [6.07, 6.45) is 0.822. The van der Waals surface area contributed by atoms with E-state index in [1.807, 2.05) is 0 Å². The minimum atomic E-state index is -3.61. The van der Waals surface area contributed by atoms with Crippen molar-refractivity contribution in [1.29, 1.82) is 0 Å². The Morgan fingerprint density at radius 3 is 2.32 bits per heavy atom. The quantitative estimate of drug-likeness (QED) is 0.772. The van der Waals surface area contributed by atoms with E-state index in [-0.39, 0.29) is 29.8 Å². The van der Waals surface area contributed by atoms with Crippen LogP contribution in [0.1, 0.15) is 23.2 Å². The largest absolute Gasteiger partial charge is 0.366 e. The lowest BCUT2D eigenvalue weighted by Crippen LogP contribution is -2.41. The van der Waals surface area contributed by atoms with Gasteiger partial charge in [0.1, 0.15) is 0 Å². The molecule has 148 valence electrons. The number of nitrogens with two attached hydrogens (primary N) is 1. The van der Waals surface area contributed by atoms with Gasteiger partial charge in [-0.15, -0.1) is 0 Å². The van der Waals surface area contributed by atoms with Gasteiger partial charge in [-0.1, -0.05) is 17.7 Å². The van der Waals surface area contributed by atoms with Crippen LogP contribution in [0.15, 0.2) is 53.4 Å². The number of nitrogens with zero attached hydrogens (tertiary/aromatic N) is 1. The molecule has 1 saturated heterocycles. The molecule has 3 rings (SSSR count). The van der Waals surface area contributed by atoms with Gasteiger partial charge in [-0.05, 0) is 55.3 Å². The third-order valence-electron chi connectivity index (χ3n) is 4.69. The van der Waals surface area contributed by atoms with Gasteiger partial charge in [-0.25, -0.2) is 8.42 Å². The van der Waals surface area contributed by atoms with Crippen molar-refractivity contribution in [2.45, 2.75) is 17.7 Å². The Bertz CT molecular complexity index is 984. The highest BCUT2D eigenvalue weighted by atomic mass is 35.5. The molecule has 2 amide bonds. The molecule has 0 radical (unpaired) electrons. The van der Waals surface area contributed by atoms with E-state index in [2.05, 4.69) is 5.32 Å². The summed E-state index contributed by atoms with van der Waals surface area (Å²) < 4.78 is 26.8. The van der Waals surface area contributed by atoms with Crippen LogP contribution in [0.3, 0.4) is 0 Å². The second-order valence-electron chi connectivity index (χ2n) is 6.57. The summed E-state index contributed by atoms with van der Waals surface area (Å²) in [5.74, 6) is -1.09. The predicted octanol–water partition coefficient (Wildman–Crippen LogP) is 2.48. The number of sulfonamides is 1. The van der Waals surface area contributed by atoms with Gasteiger partial charge in [0.15, 0.2) is 0 Å². The Kier molecular flexibility index (Phi) is 6.02. The summed E-state index contributed by atoms with van der Waals surface area (Å²) in [6.45, 7) is 0.509. The van der Waals surface area contributed by atoms with Crippen molar-refractivity contribution in [2.75, 3.05) is 18.4 Å². The molecular formula is C19H20ClN3O4S. The number of hydrogen-bond acceptors (Lipinski definition) is 4. The first-order chi connectivity index (χ1) is 13.3. The van der Waals surface area contributed by atoms with Gasteiger partial charge in [0.25, 0.3) is 0 Å². The number of nitrogens with one attached hydrogen (secondary N) is 1. The Morgan fingerprint density at radius 2 is 1.71 bits per heavy atom. The number of primary amides is 1. The molecule has 0 spiro atoms. The molecule has 28 heavy (non-hydrogen) atoms. The molecule has 1 fully saturated rings. The second-order valence-corrected chi connectivity index (χ2v) is 8.94. The lowest BCUT2D eigenvalue weighted by molar-refractivity contribution is -0.120. The minimum absolute atomic E-state index is 0.183. The first kappa shape index (κ1) is 20.3. The van der Waals surface area contributed by atoms with Gasteiger partial charge in [0.05, 0.1) is 4.90 Å². The highest BCUT2D eigenvalue weighted by Gasteiger charge is 2.32. The van der Waals surface area contributed by atoms with Crippen LogP contribution in [-0.4, -0.2) is 37.6 Å². The fourth-order valence-electron chi connectivity index (χ4n) is 3.11. The monoisotopic (exact) mass is 421 g/mol. The summed E-state index contributed by atoms with van der Waals surface area (Å²) in [7, 11) is -3.61. The number of piperidine rings is 1. The van der Waals surface area contributed by atoms with Gasteiger partial charge < -0.3 is 11.1 Å². The van der Waals surface area contributed by atoms with E-state index >= 15 is 0 Å².